The maximum atomic E-state index is 12.6. The fraction of sp³-hybridized carbons (Fsp3) is 0.143. The zero-order valence-corrected chi connectivity index (χ0v) is 16.6. The molecule has 0 radical (unpaired) electrons. The highest BCUT2D eigenvalue weighted by Crippen LogP contribution is 2.27. The van der Waals surface area contributed by atoms with Gasteiger partial charge < -0.3 is 0 Å². The fourth-order valence-electron chi connectivity index (χ4n) is 2.09. The van der Waals surface area contributed by atoms with E-state index in [4.69, 9.17) is 16.7 Å². The summed E-state index contributed by atoms with van der Waals surface area (Å²) < 4.78 is 73.0. The molecule has 0 unspecified atom stereocenters. The van der Waals surface area contributed by atoms with E-state index in [0.29, 0.717) is 0 Å². The van der Waals surface area contributed by atoms with Crippen molar-refractivity contribution in [3.8, 4) is 0 Å². The van der Waals surface area contributed by atoms with Crippen LogP contribution in [-0.4, -0.2) is 31.5 Å². The number of rotatable bonds is 6. The van der Waals surface area contributed by atoms with Crippen molar-refractivity contribution in [2.45, 2.75) is 15.5 Å². The number of anilines is 1. The van der Waals surface area contributed by atoms with Crippen molar-refractivity contribution in [1.29, 1.82) is 0 Å². The number of sulfonamides is 2. The smallest absolute Gasteiger partial charge is 0.263 e. The Morgan fingerprint density at radius 1 is 1.00 bits per heavy atom. The molecule has 0 atom stereocenters. The lowest BCUT2D eigenvalue weighted by atomic mass is 10.2. The van der Waals surface area contributed by atoms with Crippen LogP contribution in [0.2, 0.25) is 5.02 Å². The monoisotopic (exact) mass is 438 g/mol. The molecule has 0 bridgehead atoms. The molecule has 2 aromatic rings. The van der Waals surface area contributed by atoms with Crippen LogP contribution < -0.4 is 9.86 Å². The minimum Gasteiger partial charge on any atom is -0.280 e. The van der Waals surface area contributed by atoms with Gasteiger partial charge in [-0.15, -0.1) is 0 Å². The first kappa shape index (κ1) is 20.6. The Bertz CT molecular complexity index is 1160. The largest absolute Gasteiger partial charge is 0.280 e. The molecule has 0 aliphatic rings. The quantitative estimate of drug-likeness (QED) is 0.697. The van der Waals surface area contributed by atoms with Gasteiger partial charge in [-0.05, 0) is 35.9 Å². The second-order valence-corrected chi connectivity index (χ2v) is 11.2. The van der Waals surface area contributed by atoms with Gasteiger partial charge in [0, 0.05) is 11.9 Å². The molecule has 2 rings (SSSR count). The lowest BCUT2D eigenvalue weighted by Gasteiger charge is -2.11. The molecule has 2 aromatic carbocycles. The Morgan fingerprint density at radius 3 is 2.23 bits per heavy atom. The minimum atomic E-state index is -4.21. The van der Waals surface area contributed by atoms with Crippen LogP contribution in [0.4, 0.5) is 5.69 Å². The highest BCUT2D eigenvalue weighted by molar-refractivity contribution is 7.93. The highest BCUT2D eigenvalue weighted by Gasteiger charge is 2.21. The summed E-state index contributed by atoms with van der Waals surface area (Å²) in [4.78, 5) is -0.621. The second kappa shape index (κ2) is 7.16. The molecule has 0 heterocycles. The third-order valence-electron chi connectivity index (χ3n) is 3.17. The summed E-state index contributed by atoms with van der Waals surface area (Å²) in [5.74, 6) is -0.465. The van der Waals surface area contributed by atoms with Gasteiger partial charge in [0.25, 0.3) is 10.0 Å². The molecule has 0 spiro atoms. The van der Waals surface area contributed by atoms with Crippen LogP contribution in [0, 0.1) is 0 Å². The predicted molar refractivity (Wildman–Crippen MR) is 98.6 cm³/mol. The first-order valence-electron chi connectivity index (χ1n) is 6.90. The summed E-state index contributed by atoms with van der Waals surface area (Å²) >= 11 is 5.91. The van der Waals surface area contributed by atoms with Gasteiger partial charge >= 0.3 is 0 Å². The zero-order chi connectivity index (χ0) is 19.8. The van der Waals surface area contributed by atoms with E-state index in [9.17, 15) is 25.3 Å². The van der Waals surface area contributed by atoms with Crippen molar-refractivity contribution in [1.82, 2.24) is 0 Å². The summed E-state index contributed by atoms with van der Waals surface area (Å²) in [7, 11) is -11.6. The Labute approximate surface area is 157 Å². The topological polar surface area (TPSA) is 140 Å². The van der Waals surface area contributed by atoms with Crippen LogP contribution in [0.25, 0.3) is 0 Å². The number of nitrogens with two attached hydrogens (primary N) is 1. The van der Waals surface area contributed by atoms with Gasteiger partial charge in [0.05, 0.1) is 15.7 Å². The van der Waals surface area contributed by atoms with Crippen LogP contribution in [0.3, 0.4) is 0 Å². The molecule has 0 aliphatic heterocycles. The summed E-state index contributed by atoms with van der Waals surface area (Å²) in [6.45, 7) is 0. The number of benzene rings is 2. The van der Waals surface area contributed by atoms with Crippen molar-refractivity contribution in [3.05, 3.63) is 53.1 Å². The molecule has 12 heteroatoms. The van der Waals surface area contributed by atoms with E-state index in [2.05, 4.69) is 4.72 Å². The van der Waals surface area contributed by atoms with Gasteiger partial charge in [-0.25, -0.2) is 30.4 Å². The van der Waals surface area contributed by atoms with Crippen LogP contribution in [0.15, 0.2) is 52.3 Å². The van der Waals surface area contributed by atoms with Crippen LogP contribution in [0.5, 0.6) is 0 Å². The lowest BCUT2D eigenvalue weighted by Crippen LogP contribution is -2.16. The number of nitrogens with one attached hydrogen (secondary N) is 1. The summed E-state index contributed by atoms with van der Waals surface area (Å²) in [6.07, 6.45) is 0.941. The summed E-state index contributed by atoms with van der Waals surface area (Å²) in [6, 6.07) is 8.95. The van der Waals surface area contributed by atoms with Crippen molar-refractivity contribution < 1.29 is 25.3 Å². The number of hydrogen-bond acceptors (Lipinski definition) is 6. The molecular formula is C14H15ClN2O6S3. The Morgan fingerprint density at radius 2 is 1.65 bits per heavy atom. The standard InChI is InChI=1S/C14H15ClN2O6S3/c1-24(18,19)12-5-6-13(15)14(8-12)26(22,23)17-11-4-2-3-10(7-11)9-25(16,20)21/h2-8,17H,9H2,1H3,(H2,16,20,21). The molecule has 3 N–H and O–H groups in total. The van der Waals surface area contributed by atoms with E-state index < -0.39 is 40.5 Å². The van der Waals surface area contributed by atoms with Crippen molar-refractivity contribution in [3.63, 3.8) is 0 Å². The summed E-state index contributed by atoms with van der Waals surface area (Å²) in [5.41, 5.74) is 0.357. The maximum Gasteiger partial charge on any atom is 0.263 e. The van der Waals surface area contributed by atoms with Crippen molar-refractivity contribution >= 4 is 47.2 Å². The second-order valence-electron chi connectivity index (χ2n) is 5.48. The minimum absolute atomic E-state index is 0.0759. The molecule has 0 fully saturated rings. The molecule has 0 aromatic heterocycles. The van der Waals surface area contributed by atoms with E-state index in [0.717, 1.165) is 12.3 Å². The SMILES string of the molecule is CS(=O)(=O)c1ccc(Cl)c(S(=O)(=O)Nc2cccc(CS(N)(=O)=O)c2)c1. The van der Waals surface area contributed by atoms with Crippen LogP contribution >= 0.6 is 11.6 Å². The maximum absolute atomic E-state index is 12.6. The molecule has 0 saturated carbocycles. The van der Waals surface area contributed by atoms with E-state index in [1.54, 1.807) is 0 Å². The average molecular weight is 439 g/mol. The van der Waals surface area contributed by atoms with Crippen LogP contribution in [-0.2, 0) is 35.6 Å². The van der Waals surface area contributed by atoms with Gasteiger partial charge in [-0.1, -0.05) is 23.7 Å². The number of hydrogen-bond donors (Lipinski definition) is 2. The fourth-order valence-corrected chi connectivity index (χ4v) is 5.03. The predicted octanol–water partition coefficient (Wildman–Crippen LogP) is 1.33. The van der Waals surface area contributed by atoms with E-state index in [-0.39, 0.29) is 21.2 Å². The number of primary sulfonamides is 1. The van der Waals surface area contributed by atoms with E-state index in [1.165, 1.54) is 36.4 Å². The average Bonchev–Trinajstić information content (AvgIpc) is 2.44. The molecule has 0 amide bonds. The Balaban J connectivity index is 2.43. The third-order valence-corrected chi connectivity index (χ3v) is 6.88. The Kier molecular flexibility index (Phi) is 5.69. The van der Waals surface area contributed by atoms with Crippen LogP contribution in [0.1, 0.15) is 5.56 Å². The first-order valence-corrected chi connectivity index (χ1v) is 12.4. The van der Waals surface area contributed by atoms with E-state index >= 15 is 0 Å². The Hall–Kier alpha value is -1.66. The van der Waals surface area contributed by atoms with Gasteiger partial charge in [-0.3, -0.25) is 4.72 Å². The first-order chi connectivity index (χ1) is 11.8. The van der Waals surface area contributed by atoms with Gasteiger partial charge in [0.1, 0.15) is 4.90 Å². The molecular weight excluding hydrogens is 424 g/mol. The molecule has 142 valence electrons. The molecule has 0 aliphatic carbocycles. The molecule has 8 nitrogen and oxygen atoms in total. The molecule has 0 saturated heterocycles. The zero-order valence-electron chi connectivity index (χ0n) is 13.4. The third kappa shape index (κ3) is 5.42. The lowest BCUT2D eigenvalue weighted by molar-refractivity contribution is 0.595. The van der Waals surface area contributed by atoms with Gasteiger partial charge in [0.2, 0.25) is 10.0 Å². The van der Waals surface area contributed by atoms with E-state index in [1.807, 2.05) is 0 Å². The number of sulfone groups is 1. The normalized spacial score (nSPS) is 12.7. The highest BCUT2D eigenvalue weighted by atomic mass is 35.5. The van der Waals surface area contributed by atoms with Crippen molar-refractivity contribution in [2.75, 3.05) is 11.0 Å². The van der Waals surface area contributed by atoms with Gasteiger partial charge in [-0.2, -0.15) is 0 Å². The van der Waals surface area contributed by atoms with Gasteiger partial charge in [0.15, 0.2) is 9.84 Å². The number of halogens is 1. The molecule has 26 heavy (non-hydrogen) atoms. The summed E-state index contributed by atoms with van der Waals surface area (Å²) in [5, 5.41) is 4.81. The van der Waals surface area contributed by atoms with Crippen molar-refractivity contribution in [2.24, 2.45) is 5.14 Å².